The molecule has 2 aromatic heterocycles. The first-order valence-corrected chi connectivity index (χ1v) is 7.70. The normalized spacial score (nSPS) is 10.7. The van der Waals surface area contributed by atoms with Gasteiger partial charge in [-0.15, -0.1) is 11.3 Å². The van der Waals surface area contributed by atoms with Gasteiger partial charge in [0.15, 0.2) is 0 Å². The summed E-state index contributed by atoms with van der Waals surface area (Å²) in [6.07, 6.45) is 1.95. The first-order chi connectivity index (χ1) is 9.15. The van der Waals surface area contributed by atoms with Crippen molar-refractivity contribution >= 4 is 17.2 Å². The minimum absolute atomic E-state index is 0.858. The van der Waals surface area contributed by atoms with Crippen LogP contribution in [-0.4, -0.2) is 16.5 Å². The SMILES string of the molecule is CCCNc1nc(CC)nc(-c2csc(C)c2)c1C. The molecule has 102 valence electrons. The van der Waals surface area contributed by atoms with Crippen molar-refractivity contribution in [3.05, 3.63) is 27.7 Å². The molecule has 0 unspecified atom stereocenters. The van der Waals surface area contributed by atoms with Crippen molar-refractivity contribution in [1.29, 1.82) is 0 Å². The average molecular weight is 275 g/mol. The molecule has 0 saturated carbocycles. The summed E-state index contributed by atoms with van der Waals surface area (Å²) in [6.45, 7) is 9.43. The number of anilines is 1. The van der Waals surface area contributed by atoms with Crippen molar-refractivity contribution in [2.75, 3.05) is 11.9 Å². The van der Waals surface area contributed by atoms with Gasteiger partial charge in [-0.2, -0.15) is 0 Å². The molecule has 0 aliphatic heterocycles. The summed E-state index contributed by atoms with van der Waals surface area (Å²) < 4.78 is 0. The number of aryl methyl sites for hydroxylation is 2. The second-order valence-electron chi connectivity index (χ2n) is 4.69. The zero-order valence-electron chi connectivity index (χ0n) is 12.1. The van der Waals surface area contributed by atoms with E-state index in [1.165, 1.54) is 10.4 Å². The summed E-state index contributed by atoms with van der Waals surface area (Å²) in [4.78, 5) is 10.6. The lowest BCUT2D eigenvalue weighted by atomic mass is 10.1. The molecule has 2 rings (SSSR count). The Labute approximate surface area is 119 Å². The smallest absolute Gasteiger partial charge is 0.133 e. The molecule has 0 radical (unpaired) electrons. The molecular formula is C15H21N3S. The molecule has 3 nitrogen and oxygen atoms in total. The third-order valence-electron chi connectivity index (χ3n) is 3.05. The van der Waals surface area contributed by atoms with Crippen molar-refractivity contribution in [3.63, 3.8) is 0 Å². The quantitative estimate of drug-likeness (QED) is 0.888. The lowest BCUT2D eigenvalue weighted by Crippen LogP contribution is -2.08. The molecule has 1 N–H and O–H groups in total. The van der Waals surface area contributed by atoms with E-state index in [9.17, 15) is 0 Å². The molecule has 2 aromatic rings. The van der Waals surface area contributed by atoms with E-state index in [-0.39, 0.29) is 0 Å². The number of aromatic nitrogens is 2. The Kier molecular flexibility index (Phi) is 4.53. The van der Waals surface area contributed by atoms with E-state index in [1.54, 1.807) is 11.3 Å². The van der Waals surface area contributed by atoms with Crippen LogP contribution in [0.25, 0.3) is 11.3 Å². The molecule has 0 bridgehead atoms. The van der Waals surface area contributed by atoms with Gasteiger partial charge in [0.2, 0.25) is 0 Å². The Balaban J connectivity index is 2.47. The standard InChI is InChI=1S/C15H21N3S/c1-5-7-16-15-11(4)14(17-13(6-2)18-15)12-8-10(3)19-9-12/h8-9H,5-7H2,1-4H3,(H,16,17,18). The number of nitrogens with zero attached hydrogens (tertiary/aromatic N) is 2. The Hall–Kier alpha value is -1.42. The molecule has 0 spiro atoms. The van der Waals surface area contributed by atoms with Gasteiger partial charge in [0.25, 0.3) is 0 Å². The van der Waals surface area contributed by atoms with E-state index in [0.29, 0.717) is 0 Å². The predicted octanol–water partition coefficient (Wildman–Crippen LogP) is 4.21. The van der Waals surface area contributed by atoms with Crippen LogP contribution in [0.5, 0.6) is 0 Å². The largest absolute Gasteiger partial charge is 0.370 e. The summed E-state index contributed by atoms with van der Waals surface area (Å²) in [5.74, 6) is 1.88. The van der Waals surface area contributed by atoms with Gasteiger partial charge in [0.1, 0.15) is 11.6 Å². The Bertz CT molecular complexity index is 561. The van der Waals surface area contributed by atoms with Crippen LogP contribution in [0, 0.1) is 13.8 Å². The fourth-order valence-electron chi connectivity index (χ4n) is 1.99. The van der Waals surface area contributed by atoms with Crippen molar-refractivity contribution < 1.29 is 0 Å². The molecule has 2 heterocycles. The molecule has 0 aliphatic carbocycles. The Morgan fingerprint density at radius 3 is 2.58 bits per heavy atom. The highest BCUT2D eigenvalue weighted by atomic mass is 32.1. The highest BCUT2D eigenvalue weighted by Gasteiger charge is 2.12. The summed E-state index contributed by atoms with van der Waals surface area (Å²) in [7, 11) is 0. The van der Waals surface area contributed by atoms with E-state index in [0.717, 1.165) is 42.3 Å². The van der Waals surface area contributed by atoms with Gasteiger partial charge in [-0.3, -0.25) is 0 Å². The summed E-state index contributed by atoms with van der Waals surface area (Å²) in [5.41, 5.74) is 3.41. The number of rotatable bonds is 5. The van der Waals surface area contributed by atoms with E-state index < -0.39 is 0 Å². The Morgan fingerprint density at radius 2 is 2.00 bits per heavy atom. The van der Waals surface area contributed by atoms with Crippen molar-refractivity contribution in [3.8, 4) is 11.3 Å². The van der Waals surface area contributed by atoms with Gasteiger partial charge in [-0.25, -0.2) is 9.97 Å². The van der Waals surface area contributed by atoms with Gasteiger partial charge < -0.3 is 5.32 Å². The van der Waals surface area contributed by atoms with E-state index in [4.69, 9.17) is 4.98 Å². The van der Waals surface area contributed by atoms with E-state index in [1.807, 2.05) is 0 Å². The number of thiophene rings is 1. The number of hydrogen-bond donors (Lipinski definition) is 1. The van der Waals surface area contributed by atoms with Crippen LogP contribution in [0.3, 0.4) is 0 Å². The maximum atomic E-state index is 4.70. The van der Waals surface area contributed by atoms with Crippen LogP contribution in [0.1, 0.15) is 36.5 Å². The average Bonchev–Trinajstić information content (AvgIpc) is 2.84. The Morgan fingerprint density at radius 1 is 1.21 bits per heavy atom. The summed E-state index contributed by atoms with van der Waals surface area (Å²) in [5, 5.41) is 5.58. The van der Waals surface area contributed by atoms with Crippen molar-refractivity contribution in [2.45, 2.75) is 40.5 Å². The maximum Gasteiger partial charge on any atom is 0.133 e. The molecule has 0 atom stereocenters. The number of hydrogen-bond acceptors (Lipinski definition) is 4. The van der Waals surface area contributed by atoms with Gasteiger partial charge in [-0.1, -0.05) is 13.8 Å². The van der Waals surface area contributed by atoms with E-state index >= 15 is 0 Å². The zero-order valence-corrected chi connectivity index (χ0v) is 12.9. The van der Waals surface area contributed by atoms with Crippen LogP contribution in [0.4, 0.5) is 5.82 Å². The topological polar surface area (TPSA) is 37.8 Å². The third kappa shape index (κ3) is 3.13. The van der Waals surface area contributed by atoms with Crippen molar-refractivity contribution in [1.82, 2.24) is 9.97 Å². The minimum atomic E-state index is 0.858. The van der Waals surface area contributed by atoms with Gasteiger partial charge in [0, 0.05) is 34.3 Å². The van der Waals surface area contributed by atoms with Gasteiger partial charge in [0.05, 0.1) is 5.69 Å². The van der Waals surface area contributed by atoms with Crippen molar-refractivity contribution in [2.24, 2.45) is 0 Å². The third-order valence-corrected chi connectivity index (χ3v) is 3.92. The molecule has 0 fully saturated rings. The summed E-state index contributed by atoms with van der Waals surface area (Å²) in [6, 6.07) is 2.20. The van der Waals surface area contributed by atoms with E-state index in [2.05, 4.69) is 49.4 Å². The van der Waals surface area contributed by atoms with Crippen LogP contribution in [-0.2, 0) is 6.42 Å². The molecule has 0 saturated heterocycles. The highest BCUT2D eigenvalue weighted by Crippen LogP contribution is 2.29. The first-order valence-electron chi connectivity index (χ1n) is 6.82. The van der Waals surface area contributed by atoms with Gasteiger partial charge >= 0.3 is 0 Å². The zero-order chi connectivity index (χ0) is 13.8. The molecule has 0 aliphatic rings. The second kappa shape index (κ2) is 6.15. The van der Waals surface area contributed by atoms with Crippen LogP contribution < -0.4 is 5.32 Å². The molecular weight excluding hydrogens is 254 g/mol. The second-order valence-corrected chi connectivity index (χ2v) is 5.80. The highest BCUT2D eigenvalue weighted by molar-refractivity contribution is 7.10. The monoisotopic (exact) mass is 275 g/mol. The van der Waals surface area contributed by atoms with Gasteiger partial charge in [-0.05, 0) is 26.3 Å². The molecule has 0 amide bonds. The van der Waals surface area contributed by atoms with Crippen LogP contribution >= 0.6 is 11.3 Å². The predicted molar refractivity (Wildman–Crippen MR) is 83.0 cm³/mol. The lowest BCUT2D eigenvalue weighted by Gasteiger charge is -2.12. The molecule has 0 aromatic carbocycles. The first kappa shape index (κ1) is 14.0. The van der Waals surface area contributed by atoms with Crippen LogP contribution in [0.15, 0.2) is 11.4 Å². The molecule has 19 heavy (non-hydrogen) atoms. The lowest BCUT2D eigenvalue weighted by molar-refractivity contribution is 0.911. The maximum absolute atomic E-state index is 4.70. The molecule has 4 heteroatoms. The fourth-order valence-corrected chi connectivity index (χ4v) is 2.67. The fraction of sp³-hybridized carbons (Fsp3) is 0.467. The summed E-state index contributed by atoms with van der Waals surface area (Å²) >= 11 is 1.76. The number of nitrogens with one attached hydrogen (secondary N) is 1. The minimum Gasteiger partial charge on any atom is -0.370 e. The van der Waals surface area contributed by atoms with Crippen LogP contribution in [0.2, 0.25) is 0 Å².